The summed E-state index contributed by atoms with van der Waals surface area (Å²) in [5.41, 5.74) is 2.58. The fourth-order valence-electron chi connectivity index (χ4n) is 3.36. The van der Waals surface area contributed by atoms with Gasteiger partial charge in [-0.3, -0.25) is 4.90 Å². The molecule has 7 heteroatoms. The second-order valence-corrected chi connectivity index (χ2v) is 7.83. The first-order chi connectivity index (χ1) is 13.2. The van der Waals surface area contributed by atoms with Gasteiger partial charge in [-0.05, 0) is 43.3 Å². The third-order valence-electron chi connectivity index (χ3n) is 4.97. The summed E-state index contributed by atoms with van der Waals surface area (Å²) in [5.74, 6) is 1.73. The molecule has 0 saturated heterocycles. The molecule has 28 heavy (non-hydrogen) atoms. The predicted molar refractivity (Wildman–Crippen MR) is 129 cm³/mol. The molecule has 0 saturated carbocycles. The zero-order valence-electron chi connectivity index (χ0n) is 16.9. The van der Waals surface area contributed by atoms with Crippen LogP contribution in [0.15, 0.2) is 40.7 Å². The van der Waals surface area contributed by atoms with Gasteiger partial charge in [-0.15, -0.1) is 35.3 Å². The number of methoxy groups -OCH3 is 1. The average Bonchev–Trinajstić information content (AvgIpc) is 3.17. The molecule has 0 spiro atoms. The van der Waals surface area contributed by atoms with Crippen molar-refractivity contribution in [1.29, 1.82) is 0 Å². The predicted octanol–water partition coefficient (Wildman–Crippen LogP) is 3.88. The van der Waals surface area contributed by atoms with Crippen molar-refractivity contribution in [2.24, 2.45) is 4.99 Å². The Labute approximate surface area is 189 Å². The SMILES string of the molecule is CCNC(=NCc1ccccc1OC)NCC(C)N1CCc2sccc2C1.I. The number of thiophene rings is 1. The lowest BCUT2D eigenvalue weighted by molar-refractivity contribution is 0.192. The Morgan fingerprint density at radius 3 is 2.89 bits per heavy atom. The van der Waals surface area contributed by atoms with Crippen LogP contribution in [0.25, 0.3) is 0 Å². The lowest BCUT2D eigenvalue weighted by Crippen LogP contribution is -2.47. The van der Waals surface area contributed by atoms with Crippen molar-refractivity contribution in [3.8, 4) is 5.75 Å². The van der Waals surface area contributed by atoms with E-state index in [1.165, 1.54) is 12.0 Å². The summed E-state index contributed by atoms with van der Waals surface area (Å²) in [6, 6.07) is 10.8. The number of fused-ring (bicyclic) bond motifs is 1. The van der Waals surface area contributed by atoms with E-state index in [4.69, 9.17) is 9.73 Å². The van der Waals surface area contributed by atoms with Gasteiger partial charge in [0.05, 0.1) is 13.7 Å². The molecule has 0 fully saturated rings. The number of nitrogens with one attached hydrogen (secondary N) is 2. The van der Waals surface area contributed by atoms with E-state index in [9.17, 15) is 0 Å². The molecule has 0 amide bonds. The summed E-state index contributed by atoms with van der Waals surface area (Å²) < 4.78 is 5.42. The first kappa shape index (κ1) is 23.0. The molecule has 5 nitrogen and oxygen atoms in total. The van der Waals surface area contributed by atoms with Crippen LogP contribution in [0.1, 0.15) is 29.9 Å². The first-order valence-corrected chi connectivity index (χ1v) is 10.5. The van der Waals surface area contributed by atoms with Gasteiger partial charge in [-0.2, -0.15) is 0 Å². The van der Waals surface area contributed by atoms with Crippen LogP contribution in [0, 0.1) is 0 Å². The molecule has 1 aliphatic heterocycles. The van der Waals surface area contributed by atoms with Gasteiger partial charge < -0.3 is 15.4 Å². The van der Waals surface area contributed by atoms with E-state index < -0.39 is 0 Å². The minimum Gasteiger partial charge on any atom is -0.496 e. The van der Waals surface area contributed by atoms with Crippen molar-refractivity contribution >= 4 is 41.3 Å². The number of halogens is 1. The highest BCUT2D eigenvalue weighted by atomic mass is 127. The zero-order valence-corrected chi connectivity index (χ0v) is 20.1. The molecule has 2 N–H and O–H groups in total. The first-order valence-electron chi connectivity index (χ1n) is 9.64. The number of para-hydroxylation sites is 1. The summed E-state index contributed by atoms with van der Waals surface area (Å²) in [5, 5.41) is 9.06. The van der Waals surface area contributed by atoms with E-state index in [1.807, 2.05) is 29.5 Å². The Balaban J connectivity index is 0.00000280. The number of aliphatic imine (C=N–C) groups is 1. The number of ether oxygens (including phenoxy) is 1. The van der Waals surface area contributed by atoms with Gasteiger partial charge in [0.15, 0.2) is 5.96 Å². The largest absolute Gasteiger partial charge is 0.496 e. The van der Waals surface area contributed by atoms with Crippen LogP contribution in [-0.4, -0.2) is 43.6 Å². The van der Waals surface area contributed by atoms with Crippen molar-refractivity contribution in [2.75, 3.05) is 26.7 Å². The molecule has 2 aromatic rings. The maximum atomic E-state index is 5.42. The summed E-state index contributed by atoms with van der Waals surface area (Å²) in [7, 11) is 1.70. The van der Waals surface area contributed by atoms with Gasteiger partial charge in [-0.1, -0.05) is 18.2 Å². The third kappa shape index (κ3) is 6.09. The summed E-state index contributed by atoms with van der Waals surface area (Å²) in [4.78, 5) is 8.84. The van der Waals surface area contributed by atoms with E-state index >= 15 is 0 Å². The molecule has 1 aliphatic rings. The Morgan fingerprint density at radius 1 is 1.29 bits per heavy atom. The monoisotopic (exact) mass is 514 g/mol. The van der Waals surface area contributed by atoms with Crippen molar-refractivity contribution in [2.45, 2.75) is 39.4 Å². The van der Waals surface area contributed by atoms with Crippen LogP contribution in [0.2, 0.25) is 0 Å². The number of hydrogen-bond acceptors (Lipinski definition) is 4. The summed E-state index contributed by atoms with van der Waals surface area (Å²) in [6.07, 6.45) is 1.17. The van der Waals surface area contributed by atoms with Crippen molar-refractivity contribution in [3.05, 3.63) is 51.7 Å². The normalized spacial score (nSPS) is 15.3. The minimum absolute atomic E-state index is 0. The number of hydrogen-bond donors (Lipinski definition) is 2. The Kier molecular flexibility index (Phi) is 9.53. The Morgan fingerprint density at radius 2 is 2.11 bits per heavy atom. The molecule has 0 radical (unpaired) electrons. The maximum absolute atomic E-state index is 5.42. The molecule has 1 aromatic carbocycles. The van der Waals surface area contributed by atoms with E-state index in [0.717, 1.165) is 43.5 Å². The molecule has 154 valence electrons. The lowest BCUT2D eigenvalue weighted by Gasteiger charge is -2.32. The molecule has 1 atom stereocenters. The Hall–Kier alpha value is -1.32. The smallest absolute Gasteiger partial charge is 0.191 e. The molecule has 1 unspecified atom stereocenters. The van der Waals surface area contributed by atoms with Crippen LogP contribution in [-0.2, 0) is 19.5 Å². The molecule has 3 rings (SSSR count). The van der Waals surface area contributed by atoms with Crippen LogP contribution >= 0.6 is 35.3 Å². The van der Waals surface area contributed by atoms with Crippen LogP contribution in [0.5, 0.6) is 5.75 Å². The van der Waals surface area contributed by atoms with Crippen LogP contribution < -0.4 is 15.4 Å². The number of benzene rings is 1. The fraction of sp³-hybridized carbons (Fsp3) is 0.476. The maximum Gasteiger partial charge on any atom is 0.191 e. The molecule has 0 bridgehead atoms. The van der Waals surface area contributed by atoms with E-state index in [1.54, 1.807) is 12.0 Å². The highest BCUT2D eigenvalue weighted by molar-refractivity contribution is 14.0. The van der Waals surface area contributed by atoms with Gasteiger partial charge in [0.1, 0.15) is 5.75 Å². The number of guanidine groups is 1. The Bertz CT molecular complexity index is 764. The van der Waals surface area contributed by atoms with E-state index in [2.05, 4.69) is 46.9 Å². The van der Waals surface area contributed by atoms with Crippen molar-refractivity contribution in [3.63, 3.8) is 0 Å². The molecule has 1 aromatic heterocycles. The second-order valence-electron chi connectivity index (χ2n) is 6.83. The second kappa shape index (κ2) is 11.6. The van der Waals surface area contributed by atoms with Crippen molar-refractivity contribution < 1.29 is 4.74 Å². The van der Waals surface area contributed by atoms with Crippen molar-refractivity contribution in [1.82, 2.24) is 15.5 Å². The average molecular weight is 514 g/mol. The minimum atomic E-state index is 0. The van der Waals surface area contributed by atoms with Gasteiger partial charge in [-0.25, -0.2) is 4.99 Å². The van der Waals surface area contributed by atoms with Gasteiger partial charge in [0.25, 0.3) is 0 Å². The standard InChI is InChI=1S/C21H30N4OS.HI/c1-4-22-21(24-14-17-7-5-6-8-19(17)26-3)23-13-16(2)25-11-9-20-18(15-25)10-12-27-20;/h5-8,10,12,16H,4,9,11,13-15H2,1-3H3,(H2,22,23,24);1H. The third-order valence-corrected chi connectivity index (χ3v) is 5.99. The topological polar surface area (TPSA) is 48.9 Å². The summed E-state index contributed by atoms with van der Waals surface area (Å²) in [6.45, 7) is 8.86. The van der Waals surface area contributed by atoms with E-state index in [0.29, 0.717) is 12.6 Å². The molecular weight excluding hydrogens is 483 g/mol. The lowest BCUT2D eigenvalue weighted by atomic mass is 10.1. The molecule has 2 heterocycles. The molecule has 0 aliphatic carbocycles. The summed E-state index contributed by atoms with van der Waals surface area (Å²) >= 11 is 1.89. The zero-order chi connectivity index (χ0) is 19.1. The quantitative estimate of drug-likeness (QED) is 0.335. The van der Waals surface area contributed by atoms with Crippen LogP contribution in [0.4, 0.5) is 0 Å². The number of nitrogens with zero attached hydrogens (tertiary/aromatic N) is 2. The number of rotatable bonds is 7. The van der Waals surface area contributed by atoms with Gasteiger partial charge in [0, 0.05) is 42.7 Å². The fourth-order valence-corrected chi connectivity index (χ4v) is 4.25. The van der Waals surface area contributed by atoms with Crippen LogP contribution in [0.3, 0.4) is 0 Å². The molecular formula is C21H31IN4OS. The highest BCUT2D eigenvalue weighted by Gasteiger charge is 2.21. The van der Waals surface area contributed by atoms with Gasteiger partial charge in [0.2, 0.25) is 0 Å². The highest BCUT2D eigenvalue weighted by Crippen LogP contribution is 2.25. The van der Waals surface area contributed by atoms with E-state index in [-0.39, 0.29) is 24.0 Å². The van der Waals surface area contributed by atoms with Gasteiger partial charge >= 0.3 is 0 Å².